The van der Waals surface area contributed by atoms with Gasteiger partial charge in [-0.3, -0.25) is 29.4 Å². The second kappa shape index (κ2) is 6.51. The first kappa shape index (κ1) is 17.6. The summed E-state index contributed by atoms with van der Waals surface area (Å²) in [6.45, 7) is 0.418. The number of hydrogen-bond acceptors (Lipinski definition) is 5. The van der Waals surface area contributed by atoms with Crippen LogP contribution < -0.4 is 5.32 Å². The molecule has 1 N–H and O–H groups in total. The summed E-state index contributed by atoms with van der Waals surface area (Å²) in [6, 6.07) is 4.22. The van der Waals surface area contributed by atoms with Gasteiger partial charge < -0.3 is 4.74 Å². The quantitative estimate of drug-likeness (QED) is 0.802. The fourth-order valence-corrected chi connectivity index (χ4v) is 5.20. The number of fused-ring (bicyclic) bond motifs is 3. The maximum absolute atomic E-state index is 12.8. The molecular formula is C21H22N2O5. The van der Waals surface area contributed by atoms with Gasteiger partial charge >= 0.3 is 0 Å². The maximum atomic E-state index is 12.8. The third-order valence-corrected chi connectivity index (χ3v) is 6.64. The van der Waals surface area contributed by atoms with Gasteiger partial charge in [-0.15, -0.1) is 0 Å². The topological polar surface area (TPSA) is 92.8 Å². The zero-order chi connectivity index (χ0) is 19.4. The van der Waals surface area contributed by atoms with Crippen LogP contribution in [0.15, 0.2) is 18.2 Å². The van der Waals surface area contributed by atoms with Gasteiger partial charge in [-0.2, -0.15) is 0 Å². The molecule has 5 rings (SSSR count). The molecule has 0 radical (unpaired) electrons. The Bertz CT molecular complexity index is 895. The summed E-state index contributed by atoms with van der Waals surface area (Å²) >= 11 is 0. The normalized spacial score (nSPS) is 31.5. The van der Waals surface area contributed by atoms with E-state index < -0.39 is 23.8 Å². The van der Waals surface area contributed by atoms with Crippen LogP contribution in [-0.4, -0.2) is 40.7 Å². The van der Waals surface area contributed by atoms with Crippen LogP contribution in [0.3, 0.4) is 0 Å². The minimum absolute atomic E-state index is 0.118. The lowest BCUT2D eigenvalue weighted by molar-refractivity contribution is -0.136. The summed E-state index contributed by atoms with van der Waals surface area (Å²) in [4.78, 5) is 50.0. The van der Waals surface area contributed by atoms with Crippen molar-refractivity contribution in [3.63, 3.8) is 0 Å². The van der Waals surface area contributed by atoms with Crippen molar-refractivity contribution >= 4 is 23.6 Å². The Labute approximate surface area is 162 Å². The second-order valence-electron chi connectivity index (χ2n) is 8.35. The molecule has 2 unspecified atom stereocenters. The van der Waals surface area contributed by atoms with E-state index in [2.05, 4.69) is 5.32 Å². The molecule has 0 aromatic heterocycles. The molecule has 2 saturated carbocycles. The first-order valence-electron chi connectivity index (χ1n) is 9.97. The molecule has 1 saturated heterocycles. The number of imide groups is 2. The van der Waals surface area contributed by atoms with Crippen molar-refractivity contribution in [2.24, 2.45) is 11.8 Å². The highest BCUT2D eigenvalue weighted by atomic mass is 16.5. The average molecular weight is 382 g/mol. The summed E-state index contributed by atoms with van der Waals surface area (Å²) in [7, 11) is 0. The Morgan fingerprint density at radius 1 is 1.00 bits per heavy atom. The minimum atomic E-state index is -0.932. The lowest BCUT2D eigenvalue weighted by Gasteiger charge is -2.27. The lowest BCUT2D eigenvalue weighted by atomic mass is 9.97. The molecule has 4 aliphatic rings. The zero-order valence-electron chi connectivity index (χ0n) is 15.5. The van der Waals surface area contributed by atoms with Crippen LogP contribution in [0.4, 0.5) is 0 Å². The Hall–Kier alpha value is -2.54. The predicted octanol–water partition coefficient (Wildman–Crippen LogP) is 1.79. The highest BCUT2D eigenvalue weighted by Gasteiger charge is 2.45. The van der Waals surface area contributed by atoms with Crippen molar-refractivity contribution in [1.82, 2.24) is 10.2 Å². The molecular weight excluding hydrogens is 360 g/mol. The number of piperidine rings is 1. The Morgan fingerprint density at radius 3 is 2.54 bits per heavy atom. The minimum Gasteiger partial charge on any atom is -0.373 e. The number of nitrogens with zero attached hydrogens (tertiary/aromatic N) is 1. The van der Waals surface area contributed by atoms with E-state index in [1.807, 2.05) is 6.07 Å². The fraction of sp³-hybridized carbons (Fsp3) is 0.524. The van der Waals surface area contributed by atoms with Crippen molar-refractivity contribution in [3.8, 4) is 0 Å². The number of carbonyl (C=O) groups is 4. The summed E-state index contributed by atoms with van der Waals surface area (Å²) < 4.78 is 6.11. The van der Waals surface area contributed by atoms with Gasteiger partial charge in [0.05, 0.1) is 23.8 Å². The average Bonchev–Trinajstić information content (AvgIpc) is 3.36. The summed E-state index contributed by atoms with van der Waals surface area (Å²) in [5.74, 6) is -0.461. The third kappa shape index (κ3) is 2.76. The fourth-order valence-electron chi connectivity index (χ4n) is 5.20. The van der Waals surface area contributed by atoms with Crippen LogP contribution in [-0.2, 0) is 20.9 Å². The van der Waals surface area contributed by atoms with E-state index in [-0.39, 0.29) is 18.7 Å². The number of benzene rings is 1. The van der Waals surface area contributed by atoms with Crippen LogP contribution in [0.2, 0.25) is 0 Å². The van der Waals surface area contributed by atoms with Gasteiger partial charge in [0.15, 0.2) is 0 Å². The number of amides is 4. The van der Waals surface area contributed by atoms with Crippen LogP contribution in [0.25, 0.3) is 0 Å². The van der Waals surface area contributed by atoms with Crippen molar-refractivity contribution in [3.05, 3.63) is 34.9 Å². The Balaban J connectivity index is 1.31. The van der Waals surface area contributed by atoms with Crippen molar-refractivity contribution in [2.45, 2.75) is 57.3 Å². The Kier molecular flexibility index (Phi) is 4.08. The van der Waals surface area contributed by atoms with E-state index in [4.69, 9.17) is 4.74 Å². The van der Waals surface area contributed by atoms with Gasteiger partial charge in [-0.1, -0.05) is 6.07 Å². The monoisotopic (exact) mass is 382 g/mol. The lowest BCUT2D eigenvalue weighted by Crippen LogP contribution is -2.54. The van der Waals surface area contributed by atoms with Crippen LogP contribution in [0, 0.1) is 11.8 Å². The van der Waals surface area contributed by atoms with E-state index >= 15 is 0 Å². The predicted molar refractivity (Wildman–Crippen MR) is 97.1 cm³/mol. The molecule has 4 amide bonds. The molecule has 28 heavy (non-hydrogen) atoms. The molecule has 2 aliphatic heterocycles. The van der Waals surface area contributed by atoms with Crippen LogP contribution >= 0.6 is 0 Å². The molecule has 2 bridgehead atoms. The summed E-state index contributed by atoms with van der Waals surface area (Å²) in [5.41, 5.74) is 1.47. The number of rotatable bonds is 4. The highest BCUT2D eigenvalue weighted by molar-refractivity contribution is 6.23. The first-order valence-corrected chi connectivity index (χ1v) is 9.97. The Morgan fingerprint density at radius 2 is 1.82 bits per heavy atom. The smallest absolute Gasteiger partial charge is 0.262 e. The number of nitrogens with one attached hydrogen (secondary N) is 1. The van der Waals surface area contributed by atoms with Gasteiger partial charge in [0, 0.05) is 6.42 Å². The first-order chi connectivity index (χ1) is 13.5. The maximum Gasteiger partial charge on any atom is 0.262 e. The molecule has 2 heterocycles. The molecule has 2 aliphatic carbocycles. The molecule has 4 atom stereocenters. The van der Waals surface area contributed by atoms with E-state index in [1.54, 1.807) is 12.1 Å². The molecule has 1 aromatic rings. The van der Waals surface area contributed by atoms with E-state index in [1.165, 1.54) is 19.3 Å². The van der Waals surface area contributed by atoms with E-state index in [0.717, 1.165) is 22.8 Å². The zero-order valence-corrected chi connectivity index (χ0v) is 15.5. The standard InChI is InChI=1S/C21H22N2O5/c24-18-6-5-16(19(25)22-18)23-20(26)14-4-2-12(8-15(14)21(23)27)10-28-17-9-11-1-3-13(17)7-11/h2,4,8,11,13,16-17H,1,3,5-7,9-10H2,(H,22,24,25)/t11-,13+,16?,17?/m0/s1. The van der Waals surface area contributed by atoms with Crippen LogP contribution in [0.5, 0.6) is 0 Å². The molecule has 3 fully saturated rings. The molecule has 1 aromatic carbocycles. The molecule has 7 nitrogen and oxygen atoms in total. The number of hydrogen-bond donors (Lipinski definition) is 1. The summed E-state index contributed by atoms with van der Waals surface area (Å²) in [6.07, 6.45) is 5.52. The van der Waals surface area contributed by atoms with Crippen molar-refractivity contribution in [1.29, 1.82) is 0 Å². The van der Waals surface area contributed by atoms with Gasteiger partial charge in [0.25, 0.3) is 11.8 Å². The van der Waals surface area contributed by atoms with Crippen molar-refractivity contribution < 1.29 is 23.9 Å². The van der Waals surface area contributed by atoms with Crippen molar-refractivity contribution in [2.75, 3.05) is 0 Å². The van der Waals surface area contributed by atoms with Gasteiger partial charge in [-0.25, -0.2) is 0 Å². The second-order valence-corrected chi connectivity index (χ2v) is 8.35. The third-order valence-electron chi connectivity index (χ3n) is 6.64. The van der Waals surface area contributed by atoms with E-state index in [0.29, 0.717) is 29.8 Å². The van der Waals surface area contributed by atoms with Gasteiger partial charge in [-0.05, 0) is 61.6 Å². The SMILES string of the molecule is O=C1CCC(N2C(=O)c3ccc(COC4C[C@H]5CC[C@@H]4C5)cc3C2=O)C(=O)N1. The number of carbonyl (C=O) groups excluding carboxylic acids is 4. The molecule has 146 valence electrons. The largest absolute Gasteiger partial charge is 0.373 e. The van der Waals surface area contributed by atoms with E-state index in [9.17, 15) is 19.2 Å². The van der Waals surface area contributed by atoms with Gasteiger partial charge in [0.2, 0.25) is 11.8 Å². The molecule has 7 heteroatoms. The number of ether oxygens (including phenoxy) is 1. The molecule has 0 spiro atoms. The summed E-state index contributed by atoms with van der Waals surface area (Å²) in [5, 5.41) is 2.21. The highest BCUT2D eigenvalue weighted by Crippen LogP contribution is 2.46. The van der Waals surface area contributed by atoms with Gasteiger partial charge in [0.1, 0.15) is 6.04 Å². The van der Waals surface area contributed by atoms with Crippen LogP contribution in [0.1, 0.15) is 64.8 Å².